The first kappa shape index (κ1) is 25.7. The molecule has 0 bridgehead atoms. The molecule has 1 aliphatic rings. The maximum absolute atomic E-state index is 6.21. The molecule has 0 saturated heterocycles. The van der Waals surface area contributed by atoms with E-state index < -0.39 is 0 Å². The molecule has 3 nitrogen and oxygen atoms in total. The number of benzene rings is 1. The first-order chi connectivity index (χ1) is 16.2. The summed E-state index contributed by atoms with van der Waals surface area (Å²) < 4.78 is 6.21. The second kappa shape index (κ2) is 14.4. The third kappa shape index (κ3) is 8.76. The van der Waals surface area contributed by atoms with E-state index in [1.54, 1.807) is 0 Å². The Balaban J connectivity index is 1.36. The van der Waals surface area contributed by atoms with Gasteiger partial charge < -0.3 is 4.74 Å². The fraction of sp³-hybridized carbons (Fsp3) is 0.667. The molecule has 3 rings (SSSR count). The van der Waals surface area contributed by atoms with Crippen molar-refractivity contribution in [1.82, 2.24) is 9.97 Å². The van der Waals surface area contributed by atoms with Crippen LogP contribution < -0.4 is 4.74 Å². The smallest absolute Gasteiger partial charge is 0.159 e. The van der Waals surface area contributed by atoms with E-state index in [0.29, 0.717) is 5.92 Å². The normalized spacial score (nSPS) is 18.4. The van der Waals surface area contributed by atoms with E-state index in [1.165, 1.54) is 88.2 Å². The molecule has 1 heterocycles. The van der Waals surface area contributed by atoms with E-state index in [4.69, 9.17) is 4.74 Å². The van der Waals surface area contributed by atoms with Crippen molar-refractivity contribution in [2.45, 2.75) is 111 Å². The molecule has 0 N–H and O–H groups in total. The molecule has 1 aliphatic carbocycles. The van der Waals surface area contributed by atoms with Gasteiger partial charge in [-0.25, -0.2) is 9.97 Å². The Bertz CT molecular complexity index is 793. The lowest BCUT2D eigenvalue weighted by Crippen LogP contribution is -2.20. The number of unbranched alkanes of at least 4 members (excludes halogenated alkanes) is 6. The highest BCUT2D eigenvalue weighted by Crippen LogP contribution is 2.33. The van der Waals surface area contributed by atoms with Gasteiger partial charge in [-0.15, -0.1) is 0 Å². The minimum Gasteiger partial charge on any atom is -0.493 e. The fourth-order valence-electron chi connectivity index (χ4n) is 5.18. The predicted octanol–water partition coefficient (Wildman–Crippen LogP) is 8.73. The molecular formula is C30H46N2O. The van der Waals surface area contributed by atoms with Crippen molar-refractivity contribution in [2.75, 3.05) is 6.61 Å². The van der Waals surface area contributed by atoms with Gasteiger partial charge in [0.05, 0.1) is 6.61 Å². The zero-order valence-corrected chi connectivity index (χ0v) is 21.5. The minimum absolute atomic E-state index is 0.713. The summed E-state index contributed by atoms with van der Waals surface area (Å²) in [6, 6.07) is 6.33. The second-order valence-electron chi connectivity index (χ2n) is 10.2. The van der Waals surface area contributed by atoms with Crippen LogP contribution in [-0.4, -0.2) is 16.6 Å². The third-order valence-electron chi connectivity index (χ3n) is 7.35. The number of aromatic nitrogens is 2. The van der Waals surface area contributed by atoms with Crippen LogP contribution in [0.3, 0.4) is 0 Å². The molecule has 2 aromatic rings. The topological polar surface area (TPSA) is 35.0 Å². The van der Waals surface area contributed by atoms with Crippen LogP contribution in [-0.2, 0) is 6.42 Å². The van der Waals surface area contributed by atoms with Gasteiger partial charge in [0.1, 0.15) is 5.75 Å². The molecule has 0 atom stereocenters. The van der Waals surface area contributed by atoms with Crippen molar-refractivity contribution in [2.24, 2.45) is 11.8 Å². The van der Waals surface area contributed by atoms with Gasteiger partial charge in [-0.1, -0.05) is 84.5 Å². The summed E-state index contributed by atoms with van der Waals surface area (Å²) in [5.74, 6) is 3.45. The molecule has 1 aromatic carbocycles. The van der Waals surface area contributed by atoms with E-state index in [0.717, 1.165) is 42.5 Å². The van der Waals surface area contributed by atoms with Gasteiger partial charge in [-0.3, -0.25) is 0 Å². The highest BCUT2D eigenvalue weighted by atomic mass is 16.5. The van der Waals surface area contributed by atoms with Crippen LogP contribution in [0.15, 0.2) is 30.6 Å². The summed E-state index contributed by atoms with van der Waals surface area (Å²) in [6.07, 6.45) is 22.9. The number of nitrogens with zero attached hydrogens (tertiary/aromatic N) is 2. The maximum Gasteiger partial charge on any atom is 0.159 e. The lowest BCUT2D eigenvalue weighted by molar-refractivity contribution is 0.177. The van der Waals surface area contributed by atoms with Gasteiger partial charge in [-0.2, -0.15) is 0 Å². The van der Waals surface area contributed by atoms with Crippen molar-refractivity contribution in [3.05, 3.63) is 41.7 Å². The molecule has 0 radical (unpaired) electrons. The van der Waals surface area contributed by atoms with Crippen molar-refractivity contribution in [3.8, 4) is 17.1 Å². The Labute approximate surface area is 202 Å². The predicted molar refractivity (Wildman–Crippen MR) is 140 cm³/mol. The van der Waals surface area contributed by atoms with E-state index in [1.807, 2.05) is 12.4 Å². The van der Waals surface area contributed by atoms with E-state index in [9.17, 15) is 0 Å². The van der Waals surface area contributed by atoms with Crippen LogP contribution in [0.5, 0.6) is 5.75 Å². The third-order valence-corrected chi connectivity index (χ3v) is 7.35. The molecule has 1 fully saturated rings. The standard InChI is InChI=1S/C30H46N2O/c1-4-6-7-8-9-10-11-13-25-14-16-26(17-15-25)23-33-28-18-19-29(24(3)20-28)30-31-21-27(12-5-2)22-32-30/h18-22,25-26H,4-17,23H2,1-3H3/t25-,26-. The van der Waals surface area contributed by atoms with Gasteiger partial charge in [0.25, 0.3) is 0 Å². The van der Waals surface area contributed by atoms with E-state index in [2.05, 4.69) is 48.9 Å². The van der Waals surface area contributed by atoms with Crippen LogP contribution in [0.4, 0.5) is 0 Å². The average Bonchev–Trinajstić information content (AvgIpc) is 2.84. The van der Waals surface area contributed by atoms with Crippen molar-refractivity contribution >= 4 is 0 Å². The minimum atomic E-state index is 0.713. The molecule has 3 heteroatoms. The lowest BCUT2D eigenvalue weighted by atomic mass is 9.80. The first-order valence-electron chi connectivity index (χ1n) is 13.7. The highest BCUT2D eigenvalue weighted by molar-refractivity contribution is 5.61. The Morgan fingerprint density at radius 1 is 0.818 bits per heavy atom. The van der Waals surface area contributed by atoms with Crippen molar-refractivity contribution in [1.29, 1.82) is 0 Å². The lowest BCUT2D eigenvalue weighted by Gasteiger charge is -2.28. The molecule has 182 valence electrons. The van der Waals surface area contributed by atoms with Crippen molar-refractivity contribution < 1.29 is 4.74 Å². The molecular weight excluding hydrogens is 404 g/mol. The Morgan fingerprint density at radius 3 is 2.15 bits per heavy atom. The van der Waals surface area contributed by atoms with Crippen LogP contribution >= 0.6 is 0 Å². The van der Waals surface area contributed by atoms with Crippen molar-refractivity contribution in [3.63, 3.8) is 0 Å². The number of rotatable bonds is 14. The Kier molecular flexibility index (Phi) is 11.2. The monoisotopic (exact) mass is 450 g/mol. The summed E-state index contributed by atoms with van der Waals surface area (Å²) in [7, 11) is 0. The average molecular weight is 451 g/mol. The first-order valence-corrected chi connectivity index (χ1v) is 13.7. The number of aryl methyl sites for hydroxylation is 2. The summed E-state index contributed by atoms with van der Waals surface area (Å²) in [5.41, 5.74) is 3.47. The Hall–Kier alpha value is -1.90. The van der Waals surface area contributed by atoms with Crippen LogP contribution in [0.2, 0.25) is 0 Å². The zero-order valence-electron chi connectivity index (χ0n) is 21.5. The zero-order chi connectivity index (χ0) is 23.3. The largest absolute Gasteiger partial charge is 0.493 e. The van der Waals surface area contributed by atoms with E-state index in [-0.39, 0.29) is 0 Å². The Morgan fingerprint density at radius 2 is 1.48 bits per heavy atom. The van der Waals surface area contributed by atoms with Crippen LogP contribution in [0.25, 0.3) is 11.4 Å². The molecule has 0 unspecified atom stereocenters. The highest BCUT2D eigenvalue weighted by Gasteiger charge is 2.21. The molecule has 0 amide bonds. The van der Waals surface area contributed by atoms with Gasteiger partial charge >= 0.3 is 0 Å². The number of ether oxygens (including phenoxy) is 1. The van der Waals surface area contributed by atoms with Crippen LogP contribution in [0, 0.1) is 18.8 Å². The number of hydrogen-bond donors (Lipinski definition) is 0. The maximum atomic E-state index is 6.21. The summed E-state index contributed by atoms with van der Waals surface area (Å²) in [6.45, 7) is 7.45. The van der Waals surface area contributed by atoms with E-state index >= 15 is 0 Å². The fourth-order valence-corrected chi connectivity index (χ4v) is 5.18. The number of hydrogen-bond acceptors (Lipinski definition) is 3. The summed E-state index contributed by atoms with van der Waals surface area (Å²) in [5, 5.41) is 0. The second-order valence-corrected chi connectivity index (χ2v) is 10.2. The molecule has 1 aromatic heterocycles. The molecule has 33 heavy (non-hydrogen) atoms. The summed E-state index contributed by atoms with van der Waals surface area (Å²) >= 11 is 0. The summed E-state index contributed by atoms with van der Waals surface area (Å²) in [4.78, 5) is 9.15. The quantitative estimate of drug-likeness (QED) is 0.270. The van der Waals surface area contributed by atoms with Gasteiger partial charge in [0.15, 0.2) is 5.82 Å². The SMILES string of the molecule is CCCCCCCCC[C@H]1CC[C@H](COc2ccc(-c3ncc(CCC)cn3)c(C)c2)CC1. The van der Waals surface area contributed by atoms with Gasteiger partial charge in [0, 0.05) is 18.0 Å². The van der Waals surface area contributed by atoms with Crippen LogP contribution in [0.1, 0.15) is 108 Å². The molecule has 0 aliphatic heterocycles. The van der Waals surface area contributed by atoms with Gasteiger partial charge in [0.2, 0.25) is 0 Å². The van der Waals surface area contributed by atoms with Gasteiger partial charge in [-0.05, 0) is 67.3 Å². The molecule has 1 saturated carbocycles. The molecule has 0 spiro atoms.